The molecule has 0 aliphatic carbocycles. The van der Waals surface area contributed by atoms with Crippen LogP contribution in [0.2, 0.25) is 0 Å². The van der Waals surface area contributed by atoms with Crippen molar-refractivity contribution in [2.45, 2.75) is 6.54 Å². The number of benzene rings is 1. The Kier molecular flexibility index (Phi) is 3.09. The number of hydrogen-bond acceptors (Lipinski definition) is 3. The second-order valence-electron chi connectivity index (χ2n) is 6.07. The van der Waals surface area contributed by atoms with Crippen molar-refractivity contribution in [1.29, 1.82) is 0 Å². The Hall–Kier alpha value is -3.29. The van der Waals surface area contributed by atoms with Gasteiger partial charge in [-0.05, 0) is 18.2 Å². The number of nitrogens with one attached hydrogen (secondary N) is 1. The standard InChI is InChI=1S/C18H12F3N5/c19-12-8-14(21)13(20)7-11(12)16-17(26-6-4-23-18(26)24-16)10-1-2-15-22-3-5-25(15)9-10/h1-3,5,7-9H,4,6H2,(H,23,24). The number of anilines is 1. The minimum Gasteiger partial charge on any atom is -0.354 e. The Bertz CT molecular complexity index is 1160. The first kappa shape index (κ1) is 15.0. The van der Waals surface area contributed by atoms with Gasteiger partial charge in [-0.1, -0.05) is 0 Å². The number of aromatic nitrogens is 4. The number of hydrogen-bond donors (Lipinski definition) is 1. The maximum Gasteiger partial charge on any atom is 0.204 e. The molecule has 0 spiro atoms. The second kappa shape index (κ2) is 5.35. The van der Waals surface area contributed by atoms with Crippen LogP contribution < -0.4 is 5.32 Å². The quantitative estimate of drug-likeness (QED) is 0.558. The first-order valence-electron chi connectivity index (χ1n) is 8.04. The van der Waals surface area contributed by atoms with Crippen molar-refractivity contribution in [2.24, 2.45) is 0 Å². The van der Waals surface area contributed by atoms with Gasteiger partial charge < -0.3 is 14.3 Å². The van der Waals surface area contributed by atoms with E-state index >= 15 is 0 Å². The predicted octanol–water partition coefficient (Wildman–Crippen LogP) is 3.71. The van der Waals surface area contributed by atoms with E-state index in [4.69, 9.17) is 0 Å². The molecule has 1 N–H and O–H groups in total. The Labute approximate surface area is 145 Å². The van der Waals surface area contributed by atoms with Gasteiger partial charge in [0.1, 0.15) is 17.2 Å². The van der Waals surface area contributed by atoms with E-state index in [1.807, 2.05) is 27.3 Å². The van der Waals surface area contributed by atoms with E-state index in [0.717, 1.165) is 17.3 Å². The topological polar surface area (TPSA) is 47.2 Å². The van der Waals surface area contributed by atoms with Crippen molar-refractivity contribution in [3.63, 3.8) is 0 Å². The van der Waals surface area contributed by atoms with Crippen LogP contribution in [0, 0.1) is 17.5 Å². The van der Waals surface area contributed by atoms with Gasteiger partial charge in [0.25, 0.3) is 0 Å². The molecule has 0 atom stereocenters. The van der Waals surface area contributed by atoms with Crippen LogP contribution in [0.4, 0.5) is 19.1 Å². The van der Waals surface area contributed by atoms with E-state index in [2.05, 4.69) is 15.3 Å². The molecule has 26 heavy (non-hydrogen) atoms. The first-order valence-corrected chi connectivity index (χ1v) is 8.04. The van der Waals surface area contributed by atoms with Crippen molar-refractivity contribution in [2.75, 3.05) is 11.9 Å². The maximum absolute atomic E-state index is 14.4. The Morgan fingerprint density at radius 3 is 2.77 bits per heavy atom. The van der Waals surface area contributed by atoms with Crippen molar-refractivity contribution in [1.82, 2.24) is 18.9 Å². The van der Waals surface area contributed by atoms with E-state index in [0.29, 0.717) is 30.8 Å². The highest BCUT2D eigenvalue weighted by atomic mass is 19.2. The van der Waals surface area contributed by atoms with E-state index in [1.54, 1.807) is 12.4 Å². The number of fused-ring (bicyclic) bond motifs is 2. The van der Waals surface area contributed by atoms with Gasteiger partial charge in [0.05, 0.1) is 5.69 Å². The summed E-state index contributed by atoms with van der Waals surface area (Å²) in [4.78, 5) is 8.64. The fraction of sp³-hybridized carbons (Fsp3) is 0.111. The zero-order valence-corrected chi connectivity index (χ0v) is 13.4. The van der Waals surface area contributed by atoms with Crippen LogP contribution in [-0.4, -0.2) is 25.5 Å². The van der Waals surface area contributed by atoms with E-state index in [1.165, 1.54) is 0 Å². The van der Waals surface area contributed by atoms with Gasteiger partial charge in [0.15, 0.2) is 11.6 Å². The fourth-order valence-corrected chi connectivity index (χ4v) is 3.33. The number of rotatable bonds is 2. The molecule has 1 aliphatic heterocycles. The number of nitrogens with zero attached hydrogens (tertiary/aromatic N) is 4. The third-order valence-corrected chi connectivity index (χ3v) is 4.51. The average molecular weight is 355 g/mol. The fourth-order valence-electron chi connectivity index (χ4n) is 3.33. The highest BCUT2D eigenvalue weighted by molar-refractivity contribution is 5.81. The van der Waals surface area contributed by atoms with Crippen LogP contribution in [0.1, 0.15) is 0 Å². The summed E-state index contributed by atoms with van der Waals surface area (Å²) in [5, 5.41) is 3.12. The molecular weight excluding hydrogens is 343 g/mol. The second-order valence-corrected chi connectivity index (χ2v) is 6.07. The zero-order valence-electron chi connectivity index (χ0n) is 13.4. The summed E-state index contributed by atoms with van der Waals surface area (Å²) in [6.07, 6.45) is 5.33. The molecule has 8 heteroatoms. The number of imidazole rings is 2. The lowest BCUT2D eigenvalue weighted by Crippen LogP contribution is -2.01. The molecule has 5 rings (SSSR count). The molecule has 0 saturated heterocycles. The average Bonchev–Trinajstić information content (AvgIpc) is 3.32. The van der Waals surface area contributed by atoms with Crippen molar-refractivity contribution >= 4 is 11.6 Å². The Morgan fingerprint density at radius 2 is 1.88 bits per heavy atom. The summed E-state index contributed by atoms with van der Waals surface area (Å²) in [6, 6.07) is 5.09. The summed E-state index contributed by atoms with van der Waals surface area (Å²) in [5.41, 5.74) is 2.38. The molecule has 4 heterocycles. The van der Waals surface area contributed by atoms with Crippen molar-refractivity contribution < 1.29 is 13.2 Å². The molecule has 3 aromatic heterocycles. The van der Waals surface area contributed by atoms with Gasteiger partial charge in [-0.25, -0.2) is 23.1 Å². The van der Waals surface area contributed by atoms with Gasteiger partial charge in [-0.2, -0.15) is 0 Å². The molecule has 5 nitrogen and oxygen atoms in total. The predicted molar refractivity (Wildman–Crippen MR) is 90.2 cm³/mol. The molecule has 0 fully saturated rings. The SMILES string of the molecule is Fc1cc(F)c(-c2nc3n(c2-c2ccc4nccn4c2)CCN3)cc1F. The van der Waals surface area contributed by atoms with E-state index in [9.17, 15) is 13.2 Å². The minimum absolute atomic E-state index is 0.0756. The van der Waals surface area contributed by atoms with E-state index in [-0.39, 0.29) is 11.3 Å². The third-order valence-electron chi connectivity index (χ3n) is 4.51. The highest BCUT2D eigenvalue weighted by Crippen LogP contribution is 2.37. The molecule has 0 unspecified atom stereocenters. The van der Waals surface area contributed by atoms with Gasteiger partial charge in [0.2, 0.25) is 5.95 Å². The molecular formula is C18H12F3N5. The molecule has 1 aromatic carbocycles. The lowest BCUT2D eigenvalue weighted by molar-refractivity contribution is 0.496. The molecule has 0 amide bonds. The van der Waals surface area contributed by atoms with Crippen molar-refractivity contribution in [3.05, 3.63) is 60.3 Å². The van der Waals surface area contributed by atoms with Gasteiger partial charge in [-0.3, -0.25) is 0 Å². The van der Waals surface area contributed by atoms with Gasteiger partial charge in [-0.15, -0.1) is 0 Å². The van der Waals surface area contributed by atoms with Crippen LogP contribution in [-0.2, 0) is 6.54 Å². The Balaban J connectivity index is 1.78. The minimum atomic E-state index is -1.22. The smallest absolute Gasteiger partial charge is 0.204 e. The highest BCUT2D eigenvalue weighted by Gasteiger charge is 2.26. The molecule has 0 radical (unpaired) electrons. The molecule has 1 aliphatic rings. The molecule has 4 aromatic rings. The monoisotopic (exact) mass is 355 g/mol. The first-order chi connectivity index (χ1) is 12.6. The van der Waals surface area contributed by atoms with Crippen LogP contribution in [0.15, 0.2) is 42.9 Å². The maximum atomic E-state index is 14.4. The third kappa shape index (κ3) is 2.11. The molecule has 130 valence electrons. The van der Waals surface area contributed by atoms with Crippen LogP contribution in [0.3, 0.4) is 0 Å². The summed E-state index contributed by atoms with van der Waals surface area (Å²) >= 11 is 0. The van der Waals surface area contributed by atoms with Crippen LogP contribution in [0.25, 0.3) is 28.2 Å². The summed E-state index contributed by atoms with van der Waals surface area (Å²) in [6.45, 7) is 1.34. The van der Waals surface area contributed by atoms with Crippen LogP contribution >= 0.6 is 0 Å². The molecule has 0 bridgehead atoms. The lowest BCUT2D eigenvalue weighted by atomic mass is 10.0. The van der Waals surface area contributed by atoms with E-state index < -0.39 is 17.5 Å². The van der Waals surface area contributed by atoms with Crippen LogP contribution in [0.5, 0.6) is 0 Å². The number of halogens is 3. The summed E-state index contributed by atoms with van der Waals surface area (Å²) in [5.74, 6) is -2.62. The lowest BCUT2D eigenvalue weighted by Gasteiger charge is -2.09. The Morgan fingerprint density at radius 1 is 1.04 bits per heavy atom. The number of pyridine rings is 1. The van der Waals surface area contributed by atoms with Crippen molar-refractivity contribution in [3.8, 4) is 22.5 Å². The van der Waals surface area contributed by atoms with Gasteiger partial charge >= 0.3 is 0 Å². The summed E-state index contributed by atoms with van der Waals surface area (Å²) < 4.78 is 45.2. The summed E-state index contributed by atoms with van der Waals surface area (Å²) in [7, 11) is 0. The normalized spacial score (nSPS) is 13.2. The zero-order chi connectivity index (χ0) is 17.8. The largest absolute Gasteiger partial charge is 0.354 e. The molecule has 0 saturated carbocycles. The van der Waals surface area contributed by atoms with Gasteiger partial charge in [0, 0.05) is 48.9 Å².